The van der Waals surface area contributed by atoms with E-state index in [0.717, 1.165) is 12.1 Å². The molecule has 1 aromatic heterocycles. The molecule has 0 bridgehead atoms. The molecular weight excluding hydrogens is 333 g/mol. The number of nitrogens with zero attached hydrogens (tertiary/aromatic N) is 3. The zero-order valence-corrected chi connectivity index (χ0v) is 13.2. The molecule has 3 rings (SSSR count). The van der Waals surface area contributed by atoms with Crippen molar-refractivity contribution in [1.82, 2.24) is 10.3 Å². The number of halogens is 3. The molecule has 0 spiro atoms. The summed E-state index contributed by atoms with van der Waals surface area (Å²) in [5.41, 5.74) is 0.321. The van der Waals surface area contributed by atoms with Gasteiger partial charge in [0.05, 0.1) is 11.6 Å². The van der Waals surface area contributed by atoms with Crippen molar-refractivity contribution < 1.29 is 17.9 Å². The number of anilines is 1. The molecule has 0 atom stereocenters. The minimum Gasteiger partial charge on any atom is -0.471 e. The van der Waals surface area contributed by atoms with Gasteiger partial charge in [0.1, 0.15) is 12.4 Å². The molecule has 0 amide bonds. The van der Waals surface area contributed by atoms with Gasteiger partial charge >= 0.3 is 0 Å². The quantitative estimate of drug-likeness (QED) is 0.919. The maximum atomic E-state index is 14.0. The van der Waals surface area contributed by atoms with E-state index in [-0.39, 0.29) is 23.6 Å². The number of piperazine rings is 1. The molecular formula is C17H15F3N4O. The highest BCUT2D eigenvalue weighted by molar-refractivity contribution is 5.43. The number of pyridine rings is 1. The molecule has 1 aliphatic rings. The van der Waals surface area contributed by atoms with Crippen LogP contribution >= 0.6 is 0 Å². The number of benzene rings is 1. The van der Waals surface area contributed by atoms with Crippen molar-refractivity contribution in [3.05, 3.63) is 52.8 Å². The van der Waals surface area contributed by atoms with Crippen LogP contribution < -0.4 is 15.0 Å². The number of rotatable bonds is 4. The molecule has 1 saturated heterocycles. The molecule has 1 fully saturated rings. The molecule has 130 valence electrons. The normalized spacial score (nSPS) is 14.2. The molecule has 8 heteroatoms. The Morgan fingerprint density at radius 1 is 1.12 bits per heavy atom. The second kappa shape index (κ2) is 7.40. The first-order valence-corrected chi connectivity index (χ1v) is 7.71. The number of ether oxygens (including phenoxy) is 1. The molecule has 0 saturated carbocycles. The third-order valence-electron chi connectivity index (χ3n) is 3.84. The van der Waals surface area contributed by atoms with Crippen LogP contribution in [0.25, 0.3) is 0 Å². The first kappa shape index (κ1) is 17.0. The van der Waals surface area contributed by atoms with Crippen LogP contribution in [-0.2, 0) is 6.61 Å². The highest BCUT2D eigenvalue weighted by Crippen LogP contribution is 2.25. The number of hydrogen-bond acceptors (Lipinski definition) is 5. The zero-order chi connectivity index (χ0) is 17.8. The van der Waals surface area contributed by atoms with Crippen LogP contribution in [0.2, 0.25) is 0 Å². The summed E-state index contributed by atoms with van der Waals surface area (Å²) in [5, 5.41) is 11.9. The summed E-state index contributed by atoms with van der Waals surface area (Å²) < 4.78 is 47.0. The van der Waals surface area contributed by atoms with Crippen LogP contribution in [0, 0.1) is 28.8 Å². The average molecular weight is 348 g/mol. The second-order valence-electron chi connectivity index (χ2n) is 5.52. The molecule has 0 unspecified atom stereocenters. The van der Waals surface area contributed by atoms with Crippen molar-refractivity contribution in [3.63, 3.8) is 0 Å². The maximum Gasteiger partial charge on any atom is 0.252 e. The van der Waals surface area contributed by atoms with Crippen molar-refractivity contribution in [2.24, 2.45) is 0 Å². The van der Waals surface area contributed by atoms with Gasteiger partial charge in [-0.25, -0.2) is 13.2 Å². The molecule has 5 nitrogen and oxygen atoms in total. The van der Waals surface area contributed by atoms with Gasteiger partial charge in [0, 0.05) is 37.8 Å². The van der Waals surface area contributed by atoms with Gasteiger partial charge in [-0.2, -0.15) is 10.2 Å². The fourth-order valence-corrected chi connectivity index (χ4v) is 2.52. The van der Waals surface area contributed by atoms with E-state index in [1.807, 2.05) is 6.07 Å². The zero-order valence-electron chi connectivity index (χ0n) is 13.2. The largest absolute Gasteiger partial charge is 0.471 e. The molecule has 1 aliphatic heterocycles. The highest BCUT2D eigenvalue weighted by Gasteiger charge is 2.20. The monoisotopic (exact) mass is 348 g/mol. The fourth-order valence-electron chi connectivity index (χ4n) is 2.52. The van der Waals surface area contributed by atoms with E-state index in [1.165, 1.54) is 12.1 Å². The van der Waals surface area contributed by atoms with Crippen molar-refractivity contribution in [1.29, 1.82) is 5.26 Å². The average Bonchev–Trinajstić information content (AvgIpc) is 2.62. The minimum absolute atomic E-state index is 0.0122. The van der Waals surface area contributed by atoms with E-state index in [0.29, 0.717) is 26.2 Å². The van der Waals surface area contributed by atoms with Gasteiger partial charge in [0.15, 0.2) is 17.5 Å². The molecule has 1 N–H and O–H groups in total. The minimum atomic E-state index is -0.953. The van der Waals surface area contributed by atoms with Gasteiger partial charge in [-0.1, -0.05) is 6.07 Å². The van der Waals surface area contributed by atoms with Gasteiger partial charge < -0.3 is 15.0 Å². The number of aromatic nitrogens is 1. The molecule has 2 aromatic rings. The van der Waals surface area contributed by atoms with E-state index in [1.54, 1.807) is 4.90 Å². The standard InChI is InChI=1S/C17H15F3N4O/c18-13-7-11(9-21)1-2-12(13)10-25-17-15(20)8-14(19)16(23-17)24-5-3-22-4-6-24/h1-2,7-8,22H,3-6,10H2. The summed E-state index contributed by atoms with van der Waals surface area (Å²) in [7, 11) is 0. The van der Waals surface area contributed by atoms with E-state index in [4.69, 9.17) is 10.00 Å². The van der Waals surface area contributed by atoms with Gasteiger partial charge in [-0.15, -0.1) is 0 Å². The topological polar surface area (TPSA) is 61.2 Å². The summed E-state index contributed by atoms with van der Waals surface area (Å²) >= 11 is 0. The van der Waals surface area contributed by atoms with E-state index < -0.39 is 23.3 Å². The fraction of sp³-hybridized carbons (Fsp3) is 0.294. The van der Waals surface area contributed by atoms with Gasteiger partial charge in [-0.05, 0) is 12.1 Å². The number of hydrogen-bond donors (Lipinski definition) is 1. The Morgan fingerprint density at radius 2 is 1.88 bits per heavy atom. The van der Waals surface area contributed by atoms with Gasteiger partial charge in [0.2, 0.25) is 0 Å². The van der Waals surface area contributed by atoms with Crippen LogP contribution in [0.15, 0.2) is 24.3 Å². The van der Waals surface area contributed by atoms with Crippen LogP contribution in [0.4, 0.5) is 19.0 Å². The van der Waals surface area contributed by atoms with Gasteiger partial charge in [0.25, 0.3) is 5.88 Å². The lowest BCUT2D eigenvalue weighted by Gasteiger charge is -2.28. The molecule has 25 heavy (non-hydrogen) atoms. The Balaban J connectivity index is 1.79. The second-order valence-corrected chi connectivity index (χ2v) is 5.52. The first-order valence-electron chi connectivity index (χ1n) is 7.71. The van der Waals surface area contributed by atoms with Crippen LogP contribution in [0.1, 0.15) is 11.1 Å². The smallest absolute Gasteiger partial charge is 0.252 e. The van der Waals surface area contributed by atoms with E-state index >= 15 is 0 Å². The lowest BCUT2D eigenvalue weighted by atomic mass is 10.1. The van der Waals surface area contributed by atoms with Crippen molar-refractivity contribution in [3.8, 4) is 11.9 Å². The van der Waals surface area contributed by atoms with Crippen LogP contribution in [0.5, 0.6) is 5.88 Å². The highest BCUT2D eigenvalue weighted by atomic mass is 19.1. The van der Waals surface area contributed by atoms with Gasteiger partial charge in [-0.3, -0.25) is 0 Å². The Kier molecular flexibility index (Phi) is 5.05. The first-order chi connectivity index (χ1) is 12.1. The lowest BCUT2D eigenvalue weighted by molar-refractivity contribution is 0.271. The number of nitriles is 1. The SMILES string of the molecule is N#Cc1ccc(COc2nc(N3CCNCC3)c(F)cc2F)c(F)c1. The van der Waals surface area contributed by atoms with E-state index in [2.05, 4.69) is 10.3 Å². The van der Waals surface area contributed by atoms with Crippen molar-refractivity contribution in [2.75, 3.05) is 31.1 Å². The van der Waals surface area contributed by atoms with Crippen LogP contribution in [0.3, 0.4) is 0 Å². The summed E-state index contributed by atoms with van der Waals surface area (Å²) in [6, 6.07) is 6.42. The third-order valence-corrected chi connectivity index (χ3v) is 3.84. The Labute approximate surface area is 142 Å². The number of nitrogens with one attached hydrogen (secondary N) is 1. The van der Waals surface area contributed by atoms with E-state index in [9.17, 15) is 13.2 Å². The summed E-state index contributed by atoms with van der Waals surface area (Å²) in [5.74, 6) is -2.73. The molecule has 0 radical (unpaired) electrons. The Morgan fingerprint density at radius 3 is 2.56 bits per heavy atom. The lowest BCUT2D eigenvalue weighted by Crippen LogP contribution is -2.44. The maximum absolute atomic E-state index is 14.0. The summed E-state index contributed by atoms with van der Waals surface area (Å²) in [4.78, 5) is 5.62. The molecule has 0 aliphatic carbocycles. The van der Waals surface area contributed by atoms with Crippen molar-refractivity contribution in [2.45, 2.75) is 6.61 Å². The Hall–Kier alpha value is -2.79. The summed E-state index contributed by atoms with van der Waals surface area (Å²) in [6.45, 7) is 2.14. The molecule has 2 heterocycles. The molecule has 1 aromatic carbocycles. The Bertz CT molecular complexity index is 816. The predicted molar refractivity (Wildman–Crippen MR) is 84.7 cm³/mol. The third kappa shape index (κ3) is 3.83. The summed E-state index contributed by atoms with van der Waals surface area (Å²) in [6.07, 6.45) is 0. The predicted octanol–water partition coefficient (Wildman–Crippen LogP) is 2.36. The van der Waals surface area contributed by atoms with Crippen LogP contribution in [-0.4, -0.2) is 31.2 Å². The van der Waals surface area contributed by atoms with Crippen molar-refractivity contribution >= 4 is 5.82 Å².